The van der Waals surface area contributed by atoms with E-state index in [1.54, 1.807) is 0 Å². The maximum atomic E-state index is 6.04. The SMILES string of the molecule is CC=Cc1c(N)ccc2c(CCC3CCN(C)CC3)noc12. The van der Waals surface area contributed by atoms with Gasteiger partial charge in [-0.05, 0) is 70.8 Å². The Kier molecular flexibility index (Phi) is 4.48. The summed E-state index contributed by atoms with van der Waals surface area (Å²) in [4.78, 5) is 2.41. The van der Waals surface area contributed by atoms with Crippen molar-refractivity contribution in [2.45, 2.75) is 32.6 Å². The second kappa shape index (κ2) is 6.53. The van der Waals surface area contributed by atoms with Gasteiger partial charge in [0.05, 0.1) is 5.69 Å². The fraction of sp³-hybridized carbons (Fsp3) is 0.500. The number of rotatable bonds is 4. The van der Waals surface area contributed by atoms with Gasteiger partial charge in [0, 0.05) is 16.6 Å². The molecule has 3 rings (SSSR count). The lowest BCUT2D eigenvalue weighted by Gasteiger charge is -2.28. The molecule has 118 valence electrons. The molecule has 1 aromatic heterocycles. The molecule has 0 saturated carbocycles. The van der Waals surface area contributed by atoms with Crippen molar-refractivity contribution < 1.29 is 4.52 Å². The summed E-state index contributed by atoms with van der Waals surface area (Å²) in [5.74, 6) is 0.812. The average Bonchev–Trinajstić information content (AvgIpc) is 2.93. The van der Waals surface area contributed by atoms with Crippen LogP contribution in [0.1, 0.15) is 37.4 Å². The summed E-state index contributed by atoms with van der Waals surface area (Å²) < 4.78 is 5.58. The van der Waals surface area contributed by atoms with E-state index in [1.807, 2.05) is 31.2 Å². The van der Waals surface area contributed by atoms with Gasteiger partial charge < -0.3 is 15.2 Å². The molecule has 0 spiro atoms. The first kappa shape index (κ1) is 15.1. The lowest BCUT2D eigenvalue weighted by atomic mass is 9.91. The fourth-order valence-corrected chi connectivity index (χ4v) is 3.30. The zero-order valence-corrected chi connectivity index (χ0v) is 13.5. The van der Waals surface area contributed by atoms with Crippen molar-refractivity contribution >= 4 is 22.7 Å². The number of hydrogen-bond donors (Lipinski definition) is 1. The van der Waals surface area contributed by atoms with Crippen molar-refractivity contribution in [1.82, 2.24) is 10.1 Å². The fourth-order valence-electron chi connectivity index (χ4n) is 3.30. The van der Waals surface area contributed by atoms with Gasteiger partial charge in [0.25, 0.3) is 0 Å². The molecule has 2 heterocycles. The van der Waals surface area contributed by atoms with E-state index in [2.05, 4.69) is 17.1 Å². The van der Waals surface area contributed by atoms with Gasteiger partial charge in [-0.1, -0.05) is 17.3 Å². The van der Waals surface area contributed by atoms with Crippen LogP contribution < -0.4 is 5.73 Å². The number of aromatic nitrogens is 1. The van der Waals surface area contributed by atoms with Crippen LogP contribution >= 0.6 is 0 Å². The summed E-state index contributed by atoms with van der Waals surface area (Å²) in [6.45, 7) is 4.41. The van der Waals surface area contributed by atoms with Gasteiger partial charge in [0.1, 0.15) is 0 Å². The first-order valence-electron chi connectivity index (χ1n) is 8.17. The number of benzene rings is 1. The number of aryl methyl sites for hydroxylation is 1. The predicted molar refractivity (Wildman–Crippen MR) is 91.7 cm³/mol. The third-order valence-electron chi connectivity index (χ3n) is 4.75. The number of allylic oxidation sites excluding steroid dienone is 1. The highest BCUT2D eigenvalue weighted by atomic mass is 16.5. The molecule has 0 bridgehead atoms. The van der Waals surface area contributed by atoms with E-state index in [4.69, 9.17) is 10.3 Å². The highest BCUT2D eigenvalue weighted by Gasteiger charge is 2.18. The van der Waals surface area contributed by atoms with Crippen LogP contribution in [-0.2, 0) is 6.42 Å². The number of piperidine rings is 1. The van der Waals surface area contributed by atoms with Crippen molar-refractivity contribution in [3.63, 3.8) is 0 Å². The van der Waals surface area contributed by atoms with Crippen LogP contribution in [0.25, 0.3) is 17.0 Å². The lowest BCUT2D eigenvalue weighted by molar-refractivity contribution is 0.212. The molecule has 0 atom stereocenters. The second-order valence-corrected chi connectivity index (χ2v) is 6.36. The maximum Gasteiger partial charge on any atom is 0.176 e. The van der Waals surface area contributed by atoms with Crippen LogP contribution in [0.3, 0.4) is 0 Å². The van der Waals surface area contributed by atoms with Gasteiger partial charge in [0.2, 0.25) is 0 Å². The molecule has 0 radical (unpaired) electrons. The van der Waals surface area contributed by atoms with Gasteiger partial charge in [0.15, 0.2) is 5.58 Å². The Morgan fingerprint density at radius 3 is 2.86 bits per heavy atom. The second-order valence-electron chi connectivity index (χ2n) is 6.36. The van der Waals surface area contributed by atoms with Gasteiger partial charge in [-0.2, -0.15) is 0 Å². The van der Waals surface area contributed by atoms with E-state index in [-0.39, 0.29) is 0 Å². The molecule has 0 unspecified atom stereocenters. The van der Waals surface area contributed by atoms with Gasteiger partial charge in [-0.15, -0.1) is 0 Å². The Morgan fingerprint density at radius 1 is 1.36 bits per heavy atom. The van der Waals surface area contributed by atoms with Crippen LogP contribution in [0, 0.1) is 5.92 Å². The zero-order chi connectivity index (χ0) is 15.5. The van der Waals surface area contributed by atoms with Crippen LogP contribution in [-0.4, -0.2) is 30.2 Å². The summed E-state index contributed by atoms with van der Waals surface area (Å²) in [7, 11) is 2.20. The van der Waals surface area contributed by atoms with E-state index in [0.29, 0.717) is 0 Å². The summed E-state index contributed by atoms with van der Waals surface area (Å²) >= 11 is 0. The van der Waals surface area contributed by atoms with Crippen LogP contribution in [0.4, 0.5) is 5.69 Å². The molecule has 1 aliphatic heterocycles. The van der Waals surface area contributed by atoms with E-state index in [0.717, 1.165) is 40.3 Å². The Balaban J connectivity index is 1.76. The molecule has 1 fully saturated rings. The molecule has 0 aliphatic carbocycles. The number of anilines is 1. The minimum atomic E-state index is 0.739. The highest BCUT2D eigenvalue weighted by molar-refractivity contribution is 5.92. The first-order chi connectivity index (χ1) is 10.7. The molecule has 4 nitrogen and oxygen atoms in total. The summed E-state index contributed by atoms with van der Waals surface area (Å²) in [6.07, 6.45) is 8.74. The molecule has 1 saturated heterocycles. The molecule has 0 amide bonds. The van der Waals surface area contributed by atoms with Crippen molar-refractivity contribution in [1.29, 1.82) is 0 Å². The maximum absolute atomic E-state index is 6.04. The number of fused-ring (bicyclic) bond motifs is 1. The normalized spacial score (nSPS) is 17.7. The molecule has 4 heteroatoms. The van der Waals surface area contributed by atoms with Gasteiger partial charge >= 0.3 is 0 Å². The average molecular weight is 299 g/mol. The predicted octanol–water partition coefficient (Wildman–Crippen LogP) is 3.72. The number of nitrogens with two attached hydrogens (primary N) is 1. The molecule has 22 heavy (non-hydrogen) atoms. The Labute approximate surface area is 131 Å². The Hall–Kier alpha value is -1.81. The molecule has 1 aromatic carbocycles. The molecular weight excluding hydrogens is 274 g/mol. The Morgan fingerprint density at radius 2 is 2.14 bits per heavy atom. The summed E-state index contributed by atoms with van der Waals surface area (Å²) in [5.41, 5.74) is 9.61. The van der Waals surface area contributed by atoms with Crippen LogP contribution in [0.2, 0.25) is 0 Å². The molecule has 2 aromatic rings. The molecule has 1 aliphatic rings. The molecular formula is C18H25N3O. The van der Waals surface area contributed by atoms with Gasteiger partial charge in [-0.3, -0.25) is 0 Å². The zero-order valence-electron chi connectivity index (χ0n) is 13.5. The number of hydrogen-bond acceptors (Lipinski definition) is 4. The van der Waals surface area contributed by atoms with E-state index >= 15 is 0 Å². The third kappa shape index (κ3) is 3.02. The topological polar surface area (TPSA) is 55.3 Å². The van der Waals surface area contributed by atoms with Gasteiger partial charge in [-0.25, -0.2) is 0 Å². The lowest BCUT2D eigenvalue weighted by Crippen LogP contribution is -2.30. The molecule has 2 N–H and O–H groups in total. The smallest absolute Gasteiger partial charge is 0.176 e. The number of nitrogen functional groups attached to an aromatic ring is 1. The van der Waals surface area contributed by atoms with Crippen molar-refractivity contribution in [2.24, 2.45) is 5.92 Å². The summed E-state index contributed by atoms with van der Waals surface area (Å²) in [5, 5.41) is 5.41. The minimum Gasteiger partial charge on any atom is -0.398 e. The largest absolute Gasteiger partial charge is 0.398 e. The number of nitrogens with zero attached hydrogens (tertiary/aromatic N) is 2. The third-order valence-corrected chi connectivity index (χ3v) is 4.75. The van der Waals surface area contributed by atoms with E-state index < -0.39 is 0 Å². The van der Waals surface area contributed by atoms with Crippen molar-refractivity contribution in [3.8, 4) is 0 Å². The van der Waals surface area contributed by atoms with Crippen LogP contribution in [0.5, 0.6) is 0 Å². The first-order valence-corrected chi connectivity index (χ1v) is 8.17. The highest BCUT2D eigenvalue weighted by Crippen LogP contribution is 2.30. The number of likely N-dealkylation sites (tertiary alicyclic amines) is 1. The van der Waals surface area contributed by atoms with E-state index in [9.17, 15) is 0 Å². The monoisotopic (exact) mass is 299 g/mol. The Bertz CT molecular complexity index is 666. The van der Waals surface area contributed by atoms with Crippen LogP contribution in [0.15, 0.2) is 22.7 Å². The quantitative estimate of drug-likeness (QED) is 0.874. The van der Waals surface area contributed by atoms with Crippen molar-refractivity contribution in [3.05, 3.63) is 29.5 Å². The summed E-state index contributed by atoms with van der Waals surface area (Å²) in [6, 6.07) is 3.99. The standard InChI is InChI=1S/C18H25N3O/c1-3-4-14-16(19)7-6-15-17(20-22-18(14)15)8-5-13-9-11-21(2)12-10-13/h3-4,6-7,13H,5,8-12,19H2,1-2H3. The van der Waals surface area contributed by atoms with Crippen molar-refractivity contribution in [2.75, 3.05) is 25.9 Å². The minimum absolute atomic E-state index is 0.739. The van der Waals surface area contributed by atoms with E-state index in [1.165, 1.54) is 32.4 Å².